The van der Waals surface area contributed by atoms with E-state index in [2.05, 4.69) is 55.0 Å². The molecule has 1 rings (SSSR count). The summed E-state index contributed by atoms with van der Waals surface area (Å²) in [5.41, 5.74) is 0. The van der Waals surface area contributed by atoms with E-state index in [1.54, 1.807) is 0 Å². The molecule has 0 bridgehead atoms. The lowest BCUT2D eigenvalue weighted by Crippen LogP contribution is -1.68. The highest BCUT2D eigenvalue weighted by Crippen LogP contribution is 1.97. The zero-order valence-electron chi connectivity index (χ0n) is 7.32. The Bertz CT molecular complexity index is 180. The molecule has 0 aromatic rings. The Morgan fingerprint density at radius 2 is 1.08 bits per heavy atom. The van der Waals surface area contributed by atoms with Gasteiger partial charge in [0.1, 0.15) is 0 Å². The maximum absolute atomic E-state index is 2.19. The van der Waals surface area contributed by atoms with Crippen molar-refractivity contribution in [2.45, 2.75) is 19.3 Å². The molecule has 0 aromatic carbocycles. The fraction of sp³-hybridized carbons (Fsp3) is 0.250. The van der Waals surface area contributed by atoms with Crippen LogP contribution in [0.5, 0.6) is 0 Å². The lowest BCUT2D eigenvalue weighted by atomic mass is 10.2. The van der Waals surface area contributed by atoms with Crippen molar-refractivity contribution < 1.29 is 0 Å². The minimum Gasteiger partial charge on any atom is -0.0876 e. The second kappa shape index (κ2) is 6.66. The lowest BCUT2D eigenvalue weighted by molar-refractivity contribution is 1.23. The van der Waals surface area contributed by atoms with Crippen LogP contribution in [0.25, 0.3) is 0 Å². The molecule has 0 nitrogen and oxygen atoms in total. The monoisotopic (exact) mass is 159 g/mol. The summed E-state index contributed by atoms with van der Waals surface area (Å²) in [4.78, 5) is 0. The first kappa shape index (κ1) is 9.05. The van der Waals surface area contributed by atoms with Gasteiger partial charge in [0, 0.05) is 0 Å². The van der Waals surface area contributed by atoms with Crippen LogP contribution in [-0.2, 0) is 0 Å². The van der Waals surface area contributed by atoms with Crippen LogP contribution in [0, 0.1) is 6.42 Å². The Labute approximate surface area is 75.0 Å². The summed E-state index contributed by atoms with van der Waals surface area (Å²) in [6.07, 6.45) is 22.5. The van der Waals surface area contributed by atoms with Gasteiger partial charge in [-0.1, -0.05) is 48.6 Å². The van der Waals surface area contributed by atoms with Gasteiger partial charge in [-0.2, -0.15) is 0 Å². The number of allylic oxidation sites excluding steroid dienone is 8. The largest absolute Gasteiger partial charge is 0.0876 e. The summed E-state index contributed by atoms with van der Waals surface area (Å²) < 4.78 is 0. The Morgan fingerprint density at radius 1 is 0.500 bits per heavy atom. The summed E-state index contributed by atoms with van der Waals surface area (Å²) >= 11 is 0. The molecule has 0 aromatic heterocycles. The molecule has 1 aliphatic rings. The van der Waals surface area contributed by atoms with Crippen molar-refractivity contribution in [2.75, 3.05) is 0 Å². The second-order valence-electron chi connectivity index (χ2n) is 2.70. The fourth-order valence-corrected chi connectivity index (χ4v) is 0.996. The lowest BCUT2D eigenvalue weighted by Gasteiger charge is -1.88. The topological polar surface area (TPSA) is 0 Å². The van der Waals surface area contributed by atoms with Crippen molar-refractivity contribution in [3.05, 3.63) is 55.0 Å². The third-order valence-corrected chi connectivity index (χ3v) is 1.64. The quantitative estimate of drug-likeness (QED) is 0.474. The van der Waals surface area contributed by atoms with Crippen LogP contribution in [0.4, 0.5) is 0 Å². The Kier molecular flexibility index (Phi) is 5.02. The number of hydrogen-bond donors (Lipinski definition) is 0. The van der Waals surface area contributed by atoms with Crippen LogP contribution in [0.1, 0.15) is 19.3 Å². The average Bonchev–Trinajstić information content (AvgIpc) is 2.05. The standard InChI is InChI=1S/C12H15/c1-2-4-6-8-10-12-11-9-7-5-3-1/h1-4,7-11H,5-6,12H2. The molecule has 0 spiro atoms. The molecule has 1 radical (unpaired) electrons. The van der Waals surface area contributed by atoms with E-state index < -0.39 is 0 Å². The minimum atomic E-state index is 1.03. The van der Waals surface area contributed by atoms with Crippen LogP contribution in [0.3, 0.4) is 0 Å². The Balaban J connectivity index is 2.41. The van der Waals surface area contributed by atoms with Crippen molar-refractivity contribution in [3.63, 3.8) is 0 Å². The van der Waals surface area contributed by atoms with E-state index in [1.807, 2.05) is 0 Å². The van der Waals surface area contributed by atoms with Crippen molar-refractivity contribution in [1.82, 2.24) is 0 Å². The summed E-state index contributed by atoms with van der Waals surface area (Å²) in [7, 11) is 0. The molecule has 1 aliphatic carbocycles. The van der Waals surface area contributed by atoms with Gasteiger partial charge in [0.2, 0.25) is 0 Å². The second-order valence-corrected chi connectivity index (χ2v) is 2.70. The van der Waals surface area contributed by atoms with Gasteiger partial charge in [-0.15, -0.1) is 0 Å². The molecule has 0 atom stereocenters. The van der Waals surface area contributed by atoms with Gasteiger partial charge in [0.25, 0.3) is 0 Å². The zero-order valence-corrected chi connectivity index (χ0v) is 7.32. The minimum absolute atomic E-state index is 1.03. The van der Waals surface area contributed by atoms with E-state index in [-0.39, 0.29) is 0 Å². The molecular weight excluding hydrogens is 144 g/mol. The van der Waals surface area contributed by atoms with E-state index >= 15 is 0 Å². The van der Waals surface area contributed by atoms with Crippen LogP contribution in [-0.4, -0.2) is 0 Å². The molecule has 0 heterocycles. The van der Waals surface area contributed by atoms with Gasteiger partial charge >= 0.3 is 0 Å². The Hall–Kier alpha value is -1.04. The predicted molar refractivity (Wildman–Crippen MR) is 54.7 cm³/mol. The van der Waals surface area contributed by atoms with E-state index in [9.17, 15) is 0 Å². The van der Waals surface area contributed by atoms with Gasteiger partial charge in [0.05, 0.1) is 0 Å². The first-order valence-corrected chi connectivity index (χ1v) is 4.45. The number of rotatable bonds is 0. The highest BCUT2D eigenvalue weighted by Gasteiger charge is 1.78. The molecule has 0 N–H and O–H groups in total. The van der Waals surface area contributed by atoms with Gasteiger partial charge in [-0.25, -0.2) is 0 Å². The van der Waals surface area contributed by atoms with Crippen molar-refractivity contribution in [2.24, 2.45) is 0 Å². The van der Waals surface area contributed by atoms with E-state index in [4.69, 9.17) is 0 Å². The maximum Gasteiger partial charge on any atom is -0.0133 e. The first-order valence-electron chi connectivity index (χ1n) is 4.45. The molecule has 0 saturated carbocycles. The summed E-state index contributed by atoms with van der Waals surface area (Å²) in [5, 5.41) is 0. The molecular formula is C12H15. The van der Waals surface area contributed by atoms with E-state index in [0.717, 1.165) is 19.3 Å². The molecule has 0 amide bonds. The Morgan fingerprint density at radius 3 is 1.92 bits per heavy atom. The van der Waals surface area contributed by atoms with E-state index in [0.29, 0.717) is 0 Å². The molecule has 0 fully saturated rings. The third-order valence-electron chi connectivity index (χ3n) is 1.64. The molecule has 0 saturated heterocycles. The molecule has 0 aliphatic heterocycles. The van der Waals surface area contributed by atoms with Crippen LogP contribution in [0.15, 0.2) is 48.6 Å². The van der Waals surface area contributed by atoms with E-state index in [1.165, 1.54) is 0 Å². The smallest absolute Gasteiger partial charge is 0.0133 e. The average molecular weight is 159 g/mol. The number of hydrogen-bond acceptors (Lipinski definition) is 0. The highest BCUT2D eigenvalue weighted by atomic mass is 13.8. The van der Waals surface area contributed by atoms with Gasteiger partial charge in [0.15, 0.2) is 0 Å². The van der Waals surface area contributed by atoms with Gasteiger partial charge < -0.3 is 0 Å². The maximum atomic E-state index is 2.19. The molecule has 12 heavy (non-hydrogen) atoms. The fourth-order valence-electron chi connectivity index (χ4n) is 0.996. The third kappa shape index (κ3) is 4.73. The van der Waals surface area contributed by atoms with Crippen molar-refractivity contribution in [1.29, 1.82) is 0 Å². The summed E-state index contributed by atoms with van der Waals surface area (Å²) in [6.45, 7) is 0. The van der Waals surface area contributed by atoms with Crippen LogP contribution < -0.4 is 0 Å². The molecule has 0 heteroatoms. The highest BCUT2D eigenvalue weighted by molar-refractivity contribution is 5.09. The van der Waals surface area contributed by atoms with Crippen molar-refractivity contribution in [3.8, 4) is 0 Å². The SMILES string of the molecule is [CH]1C=CCC=CC=CCC=CC1. The van der Waals surface area contributed by atoms with Crippen LogP contribution >= 0.6 is 0 Å². The van der Waals surface area contributed by atoms with Gasteiger partial charge in [-0.3, -0.25) is 0 Å². The molecule has 0 unspecified atom stereocenters. The first-order chi connectivity index (χ1) is 6.00. The summed E-state index contributed by atoms with van der Waals surface area (Å²) in [5.74, 6) is 0. The zero-order chi connectivity index (χ0) is 8.49. The molecule has 63 valence electrons. The normalized spacial score (nSPS) is 18.7. The predicted octanol–water partition coefficient (Wildman–Crippen LogP) is 3.60. The van der Waals surface area contributed by atoms with Crippen LogP contribution in [0.2, 0.25) is 0 Å². The summed E-state index contributed by atoms with van der Waals surface area (Å²) in [6, 6.07) is 0. The van der Waals surface area contributed by atoms with Crippen molar-refractivity contribution >= 4 is 0 Å². The van der Waals surface area contributed by atoms with Gasteiger partial charge in [-0.05, 0) is 25.7 Å².